The van der Waals surface area contributed by atoms with Gasteiger partial charge in [-0.25, -0.2) is 0 Å². The zero-order valence-corrected chi connectivity index (χ0v) is 19.5. The first-order valence-electron chi connectivity index (χ1n) is 11.0. The molecule has 0 aliphatic heterocycles. The average Bonchev–Trinajstić information content (AvgIpc) is 2.95. The van der Waals surface area contributed by atoms with Gasteiger partial charge in [0.05, 0.1) is 23.5 Å². The van der Waals surface area contributed by atoms with Crippen molar-refractivity contribution in [1.82, 2.24) is 0 Å². The Morgan fingerprint density at radius 1 is 1.07 bits per heavy atom. The summed E-state index contributed by atoms with van der Waals surface area (Å²) >= 11 is 0. The summed E-state index contributed by atoms with van der Waals surface area (Å²) in [5, 5.41) is 10.9. The molecule has 0 amide bonds. The van der Waals surface area contributed by atoms with Crippen LogP contribution < -0.4 is 0 Å². The van der Waals surface area contributed by atoms with Gasteiger partial charge < -0.3 is 14.6 Å². The van der Waals surface area contributed by atoms with Crippen molar-refractivity contribution in [3.63, 3.8) is 0 Å². The molecule has 4 atom stereocenters. The SMILES string of the molecule is CC(C)OC(=O)[C@@H]1CC[C@H](C(C(=O)OC(C)(C)C)C(C)(C)O)C1Cc1ccccc1. The van der Waals surface area contributed by atoms with Crippen LogP contribution in [0.25, 0.3) is 0 Å². The Bertz CT molecular complexity index is 711. The van der Waals surface area contributed by atoms with E-state index in [0.29, 0.717) is 19.3 Å². The van der Waals surface area contributed by atoms with E-state index in [4.69, 9.17) is 9.47 Å². The number of carbonyl (C=O) groups excluding carboxylic acids is 2. The van der Waals surface area contributed by atoms with E-state index in [2.05, 4.69) is 0 Å². The van der Waals surface area contributed by atoms with Crippen molar-refractivity contribution in [3.8, 4) is 0 Å². The number of ether oxygens (including phenoxy) is 2. The van der Waals surface area contributed by atoms with E-state index in [-0.39, 0.29) is 29.8 Å². The molecule has 2 rings (SSSR count). The van der Waals surface area contributed by atoms with Crippen LogP contribution in [0, 0.1) is 23.7 Å². The van der Waals surface area contributed by atoms with E-state index in [1.54, 1.807) is 13.8 Å². The maximum Gasteiger partial charge on any atom is 0.312 e. The molecule has 1 aromatic carbocycles. The summed E-state index contributed by atoms with van der Waals surface area (Å²) < 4.78 is 11.2. The third kappa shape index (κ3) is 6.56. The topological polar surface area (TPSA) is 72.8 Å². The summed E-state index contributed by atoms with van der Waals surface area (Å²) in [6.45, 7) is 12.5. The van der Waals surface area contributed by atoms with Gasteiger partial charge in [-0.2, -0.15) is 0 Å². The van der Waals surface area contributed by atoms with Crippen molar-refractivity contribution in [1.29, 1.82) is 0 Å². The zero-order chi connectivity index (χ0) is 22.7. The number of hydrogen-bond donors (Lipinski definition) is 1. The van der Waals surface area contributed by atoms with Gasteiger partial charge in [-0.3, -0.25) is 9.59 Å². The maximum atomic E-state index is 13.1. The standard InChI is InChI=1S/C25H38O5/c1-16(2)29-22(26)19-14-13-18(20(19)15-17-11-9-8-10-12-17)21(25(6,7)28)23(27)30-24(3,4)5/h8-12,16,18-21,28H,13-15H2,1-7H3/t18-,19+,20?,21?/m0/s1. The van der Waals surface area contributed by atoms with Crippen LogP contribution in [0.1, 0.15) is 66.9 Å². The monoisotopic (exact) mass is 418 g/mol. The second kappa shape index (κ2) is 9.51. The zero-order valence-electron chi connectivity index (χ0n) is 19.5. The van der Waals surface area contributed by atoms with Crippen molar-refractivity contribution >= 4 is 11.9 Å². The Balaban J connectivity index is 2.39. The van der Waals surface area contributed by atoms with Gasteiger partial charge in [-0.15, -0.1) is 0 Å². The molecule has 0 saturated heterocycles. The highest BCUT2D eigenvalue weighted by Crippen LogP contribution is 2.47. The minimum atomic E-state index is -1.27. The van der Waals surface area contributed by atoms with Crippen molar-refractivity contribution in [2.24, 2.45) is 23.7 Å². The van der Waals surface area contributed by atoms with Crippen molar-refractivity contribution in [2.45, 2.75) is 85.0 Å². The fourth-order valence-corrected chi connectivity index (χ4v) is 4.66. The second-order valence-corrected chi connectivity index (χ2v) is 10.4. The highest BCUT2D eigenvalue weighted by molar-refractivity contribution is 5.76. The van der Waals surface area contributed by atoms with Gasteiger partial charge in [-0.05, 0) is 85.1 Å². The second-order valence-electron chi connectivity index (χ2n) is 10.4. The summed E-state index contributed by atoms with van der Waals surface area (Å²) in [6.07, 6.45) is 1.77. The molecule has 0 bridgehead atoms. The lowest BCUT2D eigenvalue weighted by atomic mass is 9.72. The minimum absolute atomic E-state index is 0.109. The van der Waals surface area contributed by atoms with E-state index in [9.17, 15) is 14.7 Å². The van der Waals surface area contributed by atoms with Gasteiger partial charge in [0, 0.05) is 0 Å². The molecule has 1 aliphatic carbocycles. The van der Waals surface area contributed by atoms with Crippen LogP contribution in [0.4, 0.5) is 0 Å². The fraction of sp³-hybridized carbons (Fsp3) is 0.680. The number of esters is 2. The van der Waals surface area contributed by atoms with Crippen LogP contribution in [-0.2, 0) is 25.5 Å². The molecule has 2 unspecified atom stereocenters. The number of aliphatic hydroxyl groups is 1. The Kier molecular flexibility index (Phi) is 7.73. The summed E-state index contributed by atoms with van der Waals surface area (Å²) in [5.41, 5.74) is -0.807. The molecular formula is C25H38O5. The molecule has 5 heteroatoms. The molecule has 0 radical (unpaired) electrons. The van der Waals surface area contributed by atoms with Gasteiger partial charge in [0.2, 0.25) is 0 Å². The van der Waals surface area contributed by atoms with Crippen LogP contribution >= 0.6 is 0 Å². The molecule has 5 nitrogen and oxygen atoms in total. The van der Waals surface area contributed by atoms with Crippen molar-refractivity contribution in [2.75, 3.05) is 0 Å². The molecular weight excluding hydrogens is 380 g/mol. The summed E-state index contributed by atoms with van der Waals surface area (Å²) in [4.78, 5) is 26.0. The highest BCUT2D eigenvalue weighted by atomic mass is 16.6. The molecule has 1 aliphatic rings. The molecule has 1 saturated carbocycles. The van der Waals surface area contributed by atoms with Gasteiger partial charge in [0.25, 0.3) is 0 Å². The van der Waals surface area contributed by atoms with Gasteiger partial charge in [-0.1, -0.05) is 30.3 Å². The van der Waals surface area contributed by atoms with Gasteiger partial charge in [0.1, 0.15) is 5.60 Å². The Morgan fingerprint density at radius 2 is 1.67 bits per heavy atom. The van der Waals surface area contributed by atoms with E-state index >= 15 is 0 Å². The Hall–Kier alpha value is -1.88. The first-order valence-corrected chi connectivity index (χ1v) is 11.0. The number of hydrogen-bond acceptors (Lipinski definition) is 5. The van der Waals surface area contributed by atoms with Crippen molar-refractivity contribution < 1.29 is 24.2 Å². The lowest BCUT2D eigenvalue weighted by Gasteiger charge is -2.37. The van der Waals surface area contributed by atoms with Crippen LogP contribution in [0.3, 0.4) is 0 Å². The number of benzene rings is 1. The Labute approximate surface area is 181 Å². The van der Waals surface area contributed by atoms with Gasteiger partial charge >= 0.3 is 11.9 Å². The van der Waals surface area contributed by atoms with E-state index < -0.39 is 23.1 Å². The molecule has 0 heterocycles. The molecule has 0 aromatic heterocycles. The third-order valence-electron chi connectivity index (χ3n) is 5.70. The van der Waals surface area contributed by atoms with Gasteiger partial charge in [0.15, 0.2) is 0 Å². The van der Waals surface area contributed by atoms with Crippen molar-refractivity contribution in [3.05, 3.63) is 35.9 Å². The maximum absolute atomic E-state index is 13.1. The first kappa shape index (κ1) is 24.4. The fourth-order valence-electron chi connectivity index (χ4n) is 4.66. The largest absolute Gasteiger partial charge is 0.463 e. The predicted octanol–water partition coefficient (Wildman–Crippen LogP) is 4.55. The first-order chi connectivity index (χ1) is 13.8. The molecule has 1 fully saturated rings. The van der Waals surface area contributed by atoms with E-state index in [0.717, 1.165) is 5.56 Å². The van der Waals surface area contributed by atoms with Crippen LogP contribution in [0.5, 0.6) is 0 Å². The predicted molar refractivity (Wildman–Crippen MR) is 117 cm³/mol. The normalized spacial score (nSPS) is 23.3. The molecule has 168 valence electrons. The molecule has 1 aromatic rings. The number of carbonyl (C=O) groups is 2. The third-order valence-corrected chi connectivity index (χ3v) is 5.70. The van der Waals surface area contributed by atoms with Crippen LogP contribution in [0.2, 0.25) is 0 Å². The quantitative estimate of drug-likeness (QED) is 0.658. The minimum Gasteiger partial charge on any atom is -0.463 e. The average molecular weight is 419 g/mol. The van der Waals surface area contributed by atoms with E-state index in [1.165, 1.54) is 0 Å². The summed E-state index contributed by atoms with van der Waals surface area (Å²) in [7, 11) is 0. The smallest absolute Gasteiger partial charge is 0.312 e. The Morgan fingerprint density at radius 3 is 2.17 bits per heavy atom. The van der Waals surface area contributed by atoms with Crippen LogP contribution in [-0.4, -0.2) is 34.4 Å². The molecule has 1 N–H and O–H groups in total. The molecule has 30 heavy (non-hydrogen) atoms. The highest BCUT2D eigenvalue weighted by Gasteiger charge is 2.51. The lowest BCUT2D eigenvalue weighted by Crippen LogP contribution is -2.47. The number of rotatable bonds is 7. The van der Waals surface area contributed by atoms with E-state index in [1.807, 2.05) is 65.0 Å². The van der Waals surface area contributed by atoms with Crippen LogP contribution in [0.15, 0.2) is 30.3 Å². The summed E-state index contributed by atoms with van der Waals surface area (Å²) in [6, 6.07) is 9.98. The summed E-state index contributed by atoms with van der Waals surface area (Å²) in [5.74, 6) is -1.93. The molecule has 0 spiro atoms. The lowest BCUT2D eigenvalue weighted by molar-refractivity contribution is -0.174.